The van der Waals surface area contributed by atoms with Crippen LogP contribution in [-0.4, -0.2) is 27.9 Å². The van der Waals surface area contributed by atoms with Crippen molar-refractivity contribution in [1.29, 1.82) is 0 Å². The van der Waals surface area contributed by atoms with Gasteiger partial charge >= 0.3 is 0 Å². The van der Waals surface area contributed by atoms with Crippen LogP contribution in [0.2, 0.25) is 0 Å². The van der Waals surface area contributed by atoms with Crippen molar-refractivity contribution in [3.05, 3.63) is 11.6 Å². The Morgan fingerprint density at radius 2 is 2.22 bits per heavy atom. The van der Waals surface area contributed by atoms with E-state index in [1.54, 1.807) is 0 Å². The molecule has 2 fully saturated rings. The normalized spacial score (nSPS) is 26.2. The molecule has 0 aromatic carbocycles. The lowest BCUT2D eigenvalue weighted by Gasteiger charge is -2.28. The zero-order valence-electron chi connectivity index (χ0n) is 11.5. The highest BCUT2D eigenvalue weighted by molar-refractivity contribution is 5.06. The Hall–Kier alpha value is -0.900. The van der Waals surface area contributed by atoms with Crippen LogP contribution in [0.15, 0.2) is 0 Å². The van der Waals surface area contributed by atoms with E-state index >= 15 is 0 Å². The Morgan fingerprint density at radius 1 is 1.39 bits per heavy atom. The highest BCUT2D eigenvalue weighted by Gasteiger charge is 2.29. The summed E-state index contributed by atoms with van der Waals surface area (Å²) in [5.41, 5.74) is 0. The van der Waals surface area contributed by atoms with E-state index in [0.29, 0.717) is 11.8 Å². The molecule has 1 aliphatic carbocycles. The Labute approximate surface area is 109 Å². The van der Waals surface area contributed by atoms with Crippen molar-refractivity contribution in [2.24, 2.45) is 18.9 Å². The quantitative estimate of drug-likeness (QED) is 0.884. The number of nitrogens with zero attached hydrogens (tertiary/aromatic N) is 3. The second kappa shape index (κ2) is 5.00. The topological polar surface area (TPSA) is 42.7 Å². The van der Waals surface area contributed by atoms with E-state index in [9.17, 15) is 0 Å². The molecule has 1 N–H and O–H groups in total. The second-order valence-electron chi connectivity index (χ2n) is 6.07. The molecule has 100 valence electrons. The van der Waals surface area contributed by atoms with Crippen LogP contribution in [0.3, 0.4) is 0 Å². The number of rotatable bonds is 4. The summed E-state index contributed by atoms with van der Waals surface area (Å²) < 4.78 is 2.00. The van der Waals surface area contributed by atoms with Gasteiger partial charge in [0.25, 0.3) is 0 Å². The van der Waals surface area contributed by atoms with Gasteiger partial charge in [0.2, 0.25) is 0 Å². The standard InChI is InChI=1S/C14H24N4/c1-10(12-4-3-7-15-9-12)8-13-16-14(11-5-6-11)17-18(13)2/h10-12,15H,3-9H2,1-2H3. The van der Waals surface area contributed by atoms with Gasteiger partial charge in [-0.15, -0.1) is 0 Å². The predicted molar refractivity (Wildman–Crippen MR) is 71.4 cm³/mol. The molecule has 0 radical (unpaired) electrons. The maximum Gasteiger partial charge on any atom is 0.154 e. The Kier molecular flexibility index (Phi) is 3.37. The molecule has 18 heavy (non-hydrogen) atoms. The van der Waals surface area contributed by atoms with Crippen molar-refractivity contribution >= 4 is 0 Å². The van der Waals surface area contributed by atoms with Crippen molar-refractivity contribution in [3.8, 4) is 0 Å². The summed E-state index contributed by atoms with van der Waals surface area (Å²) in [5.74, 6) is 4.43. The molecule has 2 aliphatic rings. The molecule has 2 heterocycles. The van der Waals surface area contributed by atoms with E-state index < -0.39 is 0 Å². The molecule has 1 saturated carbocycles. The maximum atomic E-state index is 4.74. The average molecular weight is 248 g/mol. The van der Waals surface area contributed by atoms with Gasteiger partial charge < -0.3 is 5.32 Å². The Morgan fingerprint density at radius 3 is 2.89 bits per heavy atom. The third-order valence-electron chi connectivity index (χ3n) is 4.46. The van der Waals surface area contributed by atoms with Gasteiger partial charge in [-0.1, -0.05) is 6.92 Å². The van der Waals surface area contributed by atoms with Crippen LogP contribution in [0.25, 0.3) is 0 Å². The number of piperidine rings is 1. The van der Waals surface area contributed by atoms with Crippen LogP contribution < -0.4 is 5.32 Å². The monoisotopic (exact) mass is 248 g/mol. The minimum absolute atomic E-state index is 0.664. The first-order chi connectivity index (χ1) is 8.74. The molecule has 2 unspecified atom stereocenters. The van der Waals surface area contributed by atoms with Gasteiger partial charge in [-0.05, 0) is 50.6 Å². The molecule has 4 heteroatoms. The molecular formula is C14H24N4. The first-order valence-corrected chi connectivity index (χ1v) is 7.34. The highest BCUT2D eigenvalue weighted by Crippen LogP contribution is 2.38. The summed E-state index contributed by atoms with van der Waals surface area (Å²) in [4.78, 5) is 4.74. The zero-order chi connectivity index (χ0) is 12.5. The fourth-order valence-corrected chi connectivity index (χ4v) is 2.95. The molecule has 3 rings (SSSR count). The molecule has 2 atom stereocenters. The maximum absolute atomic E-state index is 4.74. The van der Waals surface area contributed by atoms with Crippen molar-refractivity contribution in [1.82, 2.24) is 20.1 Å². The number of aryl methyl sites for hydroxylation is 1. The van der Waals surface area contributed by atoms with E-state index in [1.165, 1.54) is 44.6 Å². The van der Waals surface area contributed by atoms with Crippen LogP contribution >= 0.6 is 0 Å². The first-order valence-electron chi connectivity index (χ1n) is 7.34. The molecule has 1 aromatic rings. The summed E-state index contributed by atoms with van der Waals surface area (Å²) in [6.45, 7) is 4.73. The van der Waals surface area contributed by atoms with Gasteiger partial charge in [-0.2, -0.15) is 5.10 Å². The van der Waals surface area contributed by atoms with Gasteiger partial charge in [0.05, 0.1) is 0 Å². The summed E-state index contributed by atoms with van der Waals surface area (Å²) in [6.07, 6.45) is 6.32. The third-order valence-corrected chi connectivity index (χ3v) is 4.46. The van der Waals surface area contributed by atoms with E-state index in [0.717, 1.165) is 18.2 Å². The fraction of sp³-hybridized carbons (Fsp3) is 0.857. The van der Waals surface area contributed by atoms with Crippen molar-refractivity contribution in [2.75, 3.05) is 13.1 Å². The molecule has 0 amide bonds. The lowest BCUT2D eigenvalue weighted by atomic mass is 9.85. The van der Waals surface area contributed by atoms with Crippen LogP contribution in [0.5, 0.6) is 0 Å². The molecule has 0 bridgehead atoms. The Balaban J connectivity index is 1.63. The molecule has 1 aromatic heterocycles. The minimum atomic E-state index is 0.664. The van der Waals surface area contributed by atoms with Gasteiger partial charge in [0.1, 0.15) is 5.82 Å². The lowest BCUT2D eigenvalue weighted by Crippen LogP contribution is -2.34. The Bertz CT molecular complexity index is 402. The van der Waals surface area contributed by atoms with Crippen molar-refractivity contribution < 1.29 is 0 Å². The van der Waals surface area contributed by atoms with Crippen molar-refractivity contribution in [3.63, 3.8) is 0 Å². The van der Waals surface area contributed by atoms with Gasteiger partial charge in [-0.3, -0.25) is 4.68 Å². The number of nitrogens with one attached hydrogen (secondary N) is 1. The largest absolute Gasteiger partial charge is 0.316 e. The van der Waals surface area contributed by atoms with E-state index in [-0.39, 0.29) is 0 Å². The summed E-state index contributed by atoms with van der Waals surface area (Å²) >= 11 is 0. The van der Waals surface area contributed by atoms with Gasteiger partial charge in [0, 0.05) is 19.4 Å². The number of hydrogen-bond acceptors (Lipinski definition) is 3. The molecule has 4 nitrogen and oxygen atoms in total. The van der Waals surface area contributed by atoms with Crippen molar-refractivity contribution in [2.45, 2.75) is 44.9 Å². The van der Waals surface area contributed by atoms with Crippen LogP contribution in [0.1, 0.15) is 50.2 Å². The molecule has 1 saturated heterocycles. The van der Waals surface area contributed by atoms with Crippen LogP contribution in [0.4, 0.5) is 0 Å². The van der Waals surface area contributed by atoms with E-state index in [2.05, 4.69) is 17.3 Å². The fourth-order valence-electron chi connectivity index (χ4n) is 2.95. The molecular weight excluding hydrogens is 224 g/mol. The summed E-state index contributed by atoms with van der Waals surface area (Å²) in [6, 6.07) is 0. The SMILES string of the molecule is CC(Cc1nc(C2CC2)nn1C)C1CCCNC1. The zero-order valence-corrected chi connectivity index (χ0v) is 11.5. The summed E-state index contributed by atoms with van der Waals surface area (Å²) in [7, 11) is 2.04. The third kappa shape index (κ3) is 2.58. The minimum Gasteiger partial charge on any atom is -0.316 e. The lowest BCUT2D eigenvalue weighted by molar-refractivity contribution is 0.274. The number of aromatic nitrogens is 3. The van der Waals surface area contributed by atoms with Gasteiger partial charge in [0.15, 0.2) is 5.82 Å². The number of hydrogen-bond donors (Lipinski definition) is 1. The highest BCUT2D eigenvalue weighted by atomic mass is 15.3. The smallest absolute Gasteiger partial charge is 0.154 e. The van der Waals surface area contributed by atoms with E-state index in [1.807, 2.05) is 11.7 Å². The van der Waals surface area contributed by atoms with Crippen LogP contribution in [-0.2, 0) is 13.5 Å². The average Bonchev–Trinajstić information content (AvgIpc) is 3.17. The predicted octanol–water partition coefficient (Wildman–Crippen LogP) is 1.87. The van der Waals surface area contributed by atoms with Gasteiger partial charge in [-0.25, -0.2) is 4.98 Å². The van der Waals surface area contributed by atoms with Crippen LogP contribution in [0, 0.1) is 11.8 Å². The molecule has 0 spiro atoms. The summed E-state index contributed by atoms with van der Waals surface area (Å²) in [5, 5.41) is 8.07. The van der Waals surface area contributed by atoms with E-state index in [4.69, 9.17) is 4.98 Å². The first kappa shape index (κ1) is 12.2. The molecule has 1 aliphatic heterocycles. The second-order valence-corrected chi connectivity index (χ2v) is 6.07.